The Labute approximate surface area is 320 Å². The molecule has 0 atom stereocenters. The normalized spacial score (nSPS) is 11.3. The van der Waals surface area contributed by atoms with Crippen LogP contribution in [0.4, 0.5) is 17.1 Å². The number of nitriles is 6. The minimum Gasteiger partial charge on any atom is -0.311 e. The molecular formula is C39H18N10O3S3. The van der Waals surface area contributed by atoms with Gasteiger partial charge in [-0.1, -0.05) is 36.4 Å². The highest BCUT2D eigenvalue weighted by Gasteiger charge is 2.13. The van der Waals surface area contributed by atoms with Gasteiger partial charge in [-0.05, 0) is 71.3 Å². The van der Waals surface area contributed by atoms with Crippen LogP contribution in [0.25, 0.3) is 34.9 Å². The highest BCUT2D eigenvalue weighted by Crippen LogP contribution is 2.35. The third-order valence-corrected chi connectivity index (χ3v) is 10.8. The first-order valence-corrected chi connectivity index (χ1v) is 18.0. The van der Waals surface area contributed by atoms with Crippen molar-refractivity contribution < 1.29 is 0 Å². The Morgan fingerprint density at radius 1 is 0.436 bits per heavy atom. The number of rotatable bonds is 6. The van der Waals surface area contributed by atoms with Crippen LogP contribution in [0, 0.1) is 68.0 Å². The number of hydrogen-bond acceptors (Lipinski definition) is 13. The van der Waals surface area contributed by atoms with Gasteiger partial charge in [0.05, 0.1) is 13.6 Å². The standard InChI is InChI=1S/C39H18N10O3S3/c40-16-25(17-41)37-46-34(50)31(53-37)13-22-1-7-28(8-2-22)49(29-9-3-23(4-10-29)14-32-35(51)47-38(54-32)26(18-42)19-43)30-11-5-24(6-12-30)15-33-36(52)48-39(55-33)27(20-44)21-45/h1-15H,(H,46,50)(H,47,51)(H,48,52)/b31-13+,32-14+,33-15+. The number of benzene rings is 3. The molecule has 260 valence electrons. The van der Waals surface area contributed by atoms with E-state index in [1.807, 2.05) is 77.7 Å². The molecule has 3 aromatic carbocycles. The first-order valence-electron chi connectivity index (χ1n) is 15.5. The fraction of sp³-hybridized carbons (Fsp3) is 0. The Morgan fingerprint density at radius 3 is 0.891 bits per heavy atom. The molecule has 6 rings (SSSR count). The molecule has 0 saturated carbocycles. The lowest BCUT2D eigenvalue weighted by molar-refractivity contribution is 1.25. The number of aromatic amines is 3. The van der Waals surface area contributed by atoms with Crippen molar-refractivity contribution in [3.8, 4) is 36.4 Å². The summed E-state index contributed by atoms with van der Waals surface area (Å²) < 4.78 is 1.49. The second-order valence-corrected chi connectivity index (χ2v) is 14.2. The van der Waals surface area contributed by atoms with Crippen molar-refractivity contribution in [1.29, 1.82) is 31.6 Å². The van der Waals surface area contributed by atoms with Gasteiger partial charge in [0.15, 0.2) is 16.7 Å². The van der Waals surface area contributed by atoms with Crippen LogP contribution in [-0.2, 0) is 0 Å². The second-order valence-electron chi connectivity index (χ2n) is 11.1. The van der Waals surface area contributed by atoms with Crippen molar-refractivity contribution in [2.75, 3.05) is 4.90 Å². The highest BCUT2D eigenvalue weighted by molar-refractivity contribution is 7.08. The average Bonchev–Trinajstić information content (AvgIpc) is 3.87. The molecule has 3 aromatic heterocycles. The van der Waals surface area contributed by atoms with Gasteiger partial charge >= 0.3 is 0 Å². The van der Waals surface area contributed by atoms with Crippen molar-refractivity contribution in [3.05, 3.63) is 148 Å². The molecule has 0 unspecified atom stereocenters. The van der Waals surface area contributed by atoms with Crippen LogP contribution in [0.1, 0.15) is 16.7 Å². The molecule has 0 aliphatic carbocycles. The monoisotopic (exact) mass is 770 g/mol. The third-order valence-electron chi connectivity index (χ3n) is 7.69. The smallest absolute Gasteiger partial charge is 0.266 e. The number of thiazole rings is 3. The molecule has 3 N–H and O–H groups in total. The summed E-state index contributed by atoms with van der Waals surface area (Å²) >= 11 is 3.02. The number of nitrogens with one attached hydrogen (secondary N) is 3. The predicted molar refractivity (Wildman–Crippen MR) is 208 cm³/mol. The lowest BCUT2D eigenvalue weighted by Gasteiger charge is -2.26. The maximum Gasteiger partial charge on any atom is 0.266 e. The summed E-state index contributed by atoms with van der Waals surface area (Å²) in [5.74, 6) is 0. The zero-order valence-corrected chi connectivity index (χ0v) is 30.2. The molecular weight excluding hydrogens is 753 g/mol. The van der Waals surface area contributed by atoms with Gasteiger partial charge < -0.3 is 19.9 Å². The molecule has 0 amide bonds. The molecule has 13 nitrogen and oxygen atoms in total. The molecule has 0 aliphatic heterocycles. The molecule has 0 saturated heterocycles. The number of anilines is 3. The fourth-order valence-electron chi connectivity index (χ4n) is 5.11. The molecule has 16 heteroatoms. The predicted octanol–water partition coefficient (Wildman–Crippen LogP) is 1.49. The van der Waals surface area contributed by atoms with Crippen molar-refractivity contribution in [2.45, 2.75) is 0 Å². The Balaban J connectivity index is 1.42. The SMILES string of the molecule is N#CC(C#N)=c1[nH]c(=O)/c(=C\c2ccc(N(c3ccc(/C=c4/sc(=C(C#N)C#N)[nH]c4=O)cc3)c3ccc(/C=c4/sc(=C(C#N)C#N)[nH]c4=O)cc3)cc2)s1. The van der Waals surface area contributed by atoms with Crippen LogP contribution >= 0.6 is 34.0 Å². The number of nitrogens with zero attached hydrogens (tertiary/aromatic N) is 7. The topological polar surface area (TPSA) is 245 Å². The maximum absolute atomic E-state index is 12.6. The van der Waals surface area contributed by atoms with E-state index in [2.05, 4.69) is 15.0 Å². The minimum absolute atomic E-state index is 0.179. The lowest BCUT2D eigenvalue weighted by Crippen LogP contribution is -2.20. The van der Waals surface area contributed by atoms with E-state index in [1.54, 1.807) is 54.6 Å². The van der Waals surface area contributed by atoms with Gasteiger partial charge in [-0.2, -0.15) is 31.6 Å². The molecule has 0 bridgehead atoms. The van der Waals surface area contributed by atoms with E-state index in [0.29, 0.717) is 30.3 Å². The highest BCUT2D eigenvalue weighted by atomic mass is 32.1. The molecule has 55 heavy (non-hydrogen) atoms. The van der Waals surface area contributed by atoms with Crippen LogP contribution in [0.5, 0.6) is 0 Å². The summed E-state index contributed by atoms with van der Waals surface area (Å²) in [5.41, 5.74) is 2.45. The van der Waals surface area contributed by atoms with Gasteiger partial charge in [0, 0.05) is 17.1 Å². The van der Waals surface area contributed by atoms with Crippen LogP contribution in [0.3, 0.4) is 0 Å². The van der Waals surface area contributed by atoms with Crippen molar-refractivity contribution in [1.82, 2.24) is 15.0 Å². The minimum atomic E-state index is -0.425. The summed E-state index contributed by atoms with van der Waals surface area (Å²) in [6, 6.07) is 32.7. The number of aromatic nitrogens is 3. The zero-order valence-electron chi connectivity index (χ0n) is 27.7. The Hall–Kier alpha value is -8.09. The van der Waals surface area contributed by atoms with Crippen LogP contribution in [0.2, 0.25) is 0 Å². The van der Waals surface area contributed by atoms with Gasteiger partial charge in [0.2, 0.25) is 0 Å². The van der Waals surface area contributed by atoms with Crippen molar-refractivity contribution in [3.63, 3.8) is 0 Å². The Morgan fingerprint density at radius 2 is 0.673 bits per heavy atom. The van der Waals surface area contributed by atoms with Crippen LogP contribution < -0.4 is 49.2 Å². The molecule has 6 aromatic rings. The summed E-state index contributed by atoms with van der Waals surface area (Å²) in [5, 5.41) is 55.1. The van der Waals surface area contributed by atoms with Crippen molar-refractivity contribution in [2.24, 2.45) is 0 Å². The number of hydrogen-bond donors (Lipinski definition) is 3. The van der Waals surface area contributed by atoms with E-state index < -0.39 is 16.7 Å². The first kappa shape index (κ1) is 36.7. The van der Waals surface area contributed by atoms with E-state index in [4.69, 9.17) is 0 Å². The van der Waals surface area contributed by atoms with E-state index in [-0.39, 0.29) is 30.7 Å². The van der Waals surface area contributed by atoms with Gasteiger partial charge in [-0.15, -0.1) is 34.0 Å². The van der Waals surface area contributed by atoms with E-state index >= 15 is 0 Å². The molecule has 0 spiro atoms. The number of H-pyrrole nitrogens is 3. The lowest BCUT2D eigenvalue weighted by atomic mass is 10.1. The van der Waals surface area contributed by atoms with Gasteiger partial charge in [-0.25, -0.2) is 0 Å². The van der Waals surface area contributed by atoms with Gasteiger partial charge in [0.1, 0.15) is 50.4 Å². The fourth-order valence-corrected chi connectivity index (χ4v) is 7.79. The summed E-state index contributed by atoms with van der Waals surface area (Å²) in [4.78, 5) is 47.3. The van der Waals surface area contributed by atoms with E-state index in [1.165, 1.54) is 0 Å². The Bertz CT molecular complexity index is 2930. The molecule has 0 radical (unpaired) electrons. The van der Waals surface area contributed by atoms with E-state index in [0.717, 1.165) is 51.1 Å². The third kappa shape index (κ3) is 7.89. The first-order chi connectivity index (χ1) is 26.7. The summed E-state index contributed by atoms with van der Waals surface area (Å²) in [6.07, 6.45) is 4.96. The second kappa shape index (κ2) is 16.1. The van der Waals surface area contributed by atoms with Gasteiger partial charge in [-0.3, -0.25) is 14.4 Å². The zero-order chi connectivity index (χ0) is 39.1. The van der Waals surface area contributed by atoms with Gasteiger partial charge in [0.25, 0.3) is 16.7 Å². The summed E-state index contributed by atoms with van der Waals surface area (Å²) in [6.45, 7) is 0. The quantitative estimate of drug-likeness (QED) is 0.220. The Kier molecular flexibility index (Phi) is 10.7. The summed E-state index contributed by atoms with van der Waals surface area (Å²) in [7, 11) is 0. The molecule has 0 fully saturated rings. The average molecular weight is 771 g/mol. The maximum atomic E-state index is 12.6. The largest absolute Gasteiger partial charge is 0.311 e. The van der Waals surface area contributed by atoms with E-state index in [9.17, 15) is 46.0 Å². The molecule has 3 heterocycles. The van der Waals surface area contributed by atoms with Crippen LogP contribution in [0.15, 0.2) is 87.2 Å². The molecule has 0 aliphatic rings. The van der Waals surface area contributed by atoms with Crippen LogP contribution in [-0.4, -0.2) is 15.0 Å². The van der Waals surface area contributed by atoms with Crippen molar-refractivity contribution >= 4 is 86.0 Å².